The van der Waals surface area contributed by atoms with Crippen LogP contribution in [0.4, 0.5) is 0 Å². The molecule has 0 spiro atoms. The summed E-state index contributed by atoms with van der Waals surface area (Å²) in [6, 6.07) is 14.1. The predicted molar refractivity (Wildman–Crippen MR) is 74.6 cm³/mol. The van der Waals surface area contributed by atoms with Gasteiger partial charge in [0.25, 0.3) is 10.1 Å². The molecule has 0 fully saturated rings. The molecule has 0 saturated carbocycles. The minimum absolute atomic E-state index is 0.259. The van der Waals surface area contributed by atoms with Gasteiger partial charge in [0.05, 0.1) is 12.4 Å². The van der Waals surface area contributed by atoms with Gasteiger partial charge in [-0.2, -0.15) is 8.42 Å². The summed E-state index contributed by atoms with van der Waals surface area (Å²) in [5, 5.41) is 2.33. The molecule has 2 aromatic rings. The van der Waals surface area contributed by atoms with Gasteiger partial charge in [0, 0.05) is 6.61 Å². The molecule has 0 amide bonds. The van der Waals surface area contributed by atoms with Crippen LogP contribution >= 0.6 is 0 Å². The van der Waals surface area contributed by atoms with Gasteiger partial charge in [-0.15, -0.1) is 0 Å². The molecule has 0 aliphatic rings. The fraction of sp³-hybridized carbons (Fsp3) is 0.286. The van der Waals surface area contributed by atoms with Crippen molar-refractivity contribution in [2.45, 2.75) is 13.0 Å². The van der Waals surface area contributed by atoms with Crippen LogP contribution in [0.1, 0.15) is 12.0 Å². The summed E-state index contributed by atoms with van der Waals surface area (Å²) in [7, 11) is -3.88. The number of benzene rings is 2. The van der Waals surface area contributed by atoms with E-state index in [2.05, 4.69) is 6.07 Å². The first kappa shape index (κ1) is 14.0. The van der Waals surface area contributed by atoms with Crippen molar-refractivity contribution >= 4 is 20.9 Å². The molecule has 0 unspecified atom stereocenters. The van der Waals surface area contributed by atoms with Crippen LogP contribution < -0.4 is 0 Å². The van der Waals surface area contributed by atoms with E-state index in [1.807, 2.05) is 36.4 Å². The summed E-state index contributed by atoms with van der Waals surface area (Å²) < 4.78 is 35.0. The maximum Gasteiger partial charge on any atom is 0.264 e. The van der Waals surface area contributed by atoms with Crippen molar-refractivity contribution in [2.24, 2.45) is 0 Å². The van der Waals surface area contributed by atoms with Crippen LogP contribution in [-0.2, 0) is 21.5 Å². The van der Waals surface area contributed by atoms with Crippen molar-refractivity contribution in [3.05, 3.63) is 48.0 Å². The largest absolute Gasteiger partial charge is 0.377 e. The first-order valence-electron chi connectivity index (χ1n) is 6.05. The lowest BCUT2D eigenvalue weighted by atomic mass is 10.1. The van der Waals surface area contributed by atoms with E-state index in [-0.39, 0.29) is 5.75 Å². The molecule has 0 aliphatic heterocycles. The van der Waals surface area contributed by atoms with E-state index < -0.39 is 10.1 Å². The smallest absolute Gasteiger partial charge is 0.264 e. The van der Waals surface area contributed by atoms with E-state index in [9.17, 15) is 8.42 Å². The third kappa shape index (κ3) is 4.63. The Balaban J connectivity index is 1.85. The van der Waals surface area contributed by atoms with Gasteiger partial charge >= 0.3 is 0 Å². The monoisotopic (exact) mass is 280 g/mol. The SMILES string of the molecule is O=S(=O)(O)CCCOCc1ccc2ccccc2c1. The second-order valence-electron chi connectivity index (χ2n) is 4.37. The lowest BCUT2D eigenvalue weighted by Crippen LogP contribution is -2.07. The van der Waals surface area contributed by atoms with Gasteiger partial charge < -0.3 is 4.74 Å². The van der Waals surface area contributed by atoms with Crippen LogP contribution in [0, 0.1) is 0 Å². The van der Waals surface area contributed by atoms with E-state index in [1.54, 1.807) is 0 Å². The van der Waals surface area contributed by atoms with Crippen molar-refractivity contribution in [1.29, 1.82) is 0 Å². The number of hydrogen-bond acceptors (Lipinski definition) is 3. The van der Waals surface area contributed by atoms with Crippen molar-refractivity contribution in [2.75, 3.05) is 12.4 Å². The number of ether oxygens (including phenoxy) is 1. The molecule has 0 bridgehead atoms. The maximum atomic E-state index is 10.5. The molecule has 0 saturated heterocycles. The fourth-order valence-electron chi connectivity index (χ4n) is 1.86. The quantitative estimate of drug-likeness (QED) is 0.652. The normalized spacial score (nSPS) is 11.8. The molecule has 2 rings (SSSR count). The van der Waals surface area contributed by atoms with Crippen LogP contribution in [0.15, 0.2) is 42.5 Å². The fourth-order valence-corrected chi connectivity index (χ4v) is 2.34. The Kier molecular flexibility index (Phi) is 4.52. The summed E-state index contributed by atoms with van der Waals surface area (Å²) in [6.07, 6.45) is 0.298. The molecular weight excluding hydrogens is 264 g/mol. The van der Waals surface area contributed by atoms with Crippen LogP contribution in [-0.4, -0.2) is 25.3 Å². The zero-order valence-electron chi connectivity index (χ0n) is 10.5. The van der Waals surface area contributed by atoms with E-state index in [0.717, 1.165) is 10.9 Å². The van der Waals surface area contributed by atoms with Crippen molar-refractivity contribution in [3.8, 4) is 0 Å². The van der Waals surface area contributed by atoms with Crippen molar-refractivity contribution in [1.82, 2.24) is 0 Å². The average molecular weight is 280 g/mol. The van der Waals surface area contributed by atoms with Crippen LogP contribution in [0.5, 0.6) is 0 Å². The molecule has 0 radical (unpaired) electrons. The molecule has 2 aromatic carbocycles. The van der Waals surface area contributed by atoms with Crippen molar-refractivity contribution in [3.63, 3.8) is 0 Å². The lowest BCUT2D eigenvalue weighted by Gasteiger charge is -2.05. The highest BCUT2D eigenvalue weighted by atomic mass is 32.2. The van der Waals surface area contributed by atoms with Gasteiger partial charge in [-0.3, -0.25) is 4.55 Å². The molecule has 0 aromatic heterocycles. The highest BCUT2D eigenvalue weighted by Gasteiger charge is 2.03. The number of hydrogen-bond donors (Lipinski definition) is 1. The maximum absolute atomic E-state index is 10.5. The van der Waals surface area contributed by atoms with E-state index in [0.29, 0.717) is 19.6 Å². The third-order valence-electron chi connectivity index (χ3n) is 2.77. The van der Waals surface area contributed by atoms with Crippen LogP contribution in [0.2, 0.25) is 0 Å². The van der Waals surface area contributed by atoms with Gasteiger partial charge in [-0.25, -0.2) is 0 Å². The number of fused-ring (bicyclic) bond motifs is 1. The first-order chi connectivity index (χ1) is 9.04. The molecule has 102 valence electrons. The van der Waals surface area contributed by atoms with Gasteiger partial charge in [0.1, 0.15) is 0 Å². The topological polar surface area (TPSA) is 63.6 Å². The highest BCUT2D eigenvalue weighted by molar-refractivity contribution is 7.85. The molecule has 0 aliphatic carbocycles. The molecule has 5 heteroatoms. The summed E-state index contributed by atoms with van der Waals surface area (Å²) in [5.74, 6) is -0.259. The van der Waals surface area contributed by atoms with Gasteiger partial charge in [0.15, 0.2) is 0 Å². The Bertz CT molecular complexity index is 649. The zero-order chi connectivity index (χ0) is 13.7. The highest BCUT2D eigenvalue weighted by Crippen LogP contribution is 2.16. The Morgan fingerprint density at radius 2 is 1.79 bits per heavy atom. The predicted octanol–water partition coefficient (Wildman–Crippen LogP) is 2.63. The first-order valence-corrected chi connectivity index (χ1v) is 7.66. The standard InChI is InChI=1S/C14H16O4S/c15-19(16,17)9-3-8-18-11-12-6-7-13-4-1-2-5-14(13)10-12/h1-2,4-7,10H,3,8-9,11H2,(H,15,16,17). The Morgan fingerprint density at radius 3 is 2.53 bits per heavy atom. The molecule has 4 nitrogen and oxygen atoms in total. The van der Waals surface area contributed by atoms with E-state index in [4.69, 9.17) is 9.29 Å². The molecule has 0 heterocycles. The lowest BCUT2D eigenvalue weighted by molar-refractivity contribution is 0.121. The molecular formula is C14H16O4S. The Hall–Kier alpha value is -1.43. The summed E-state index contributed by atoms with van der Waals surface area (Å²) in [6.45, 7) is 0.753. The van der Waals surface area contributed by atoms with Gasteiger partial charge in [0.2, 0.25) is 0 Å². The van der Waals surface area contributed by atoms with Crippen molar-refractivity contribution < 1.29 is 17.7 Å². The molecule has 1 N–H and O–H groups in total. The van der Waals surface area contributed by atoms with E-state index in [1.165, 1.54) is 5.39 Å². The third-order valence-corrected chi connectivity index (χ3v) is 3.58. The minimum atomic E-state index is -3.88. The molecule has 19 heavy (non-hydrogen) atoms. The van der Waals surface area contributed by atoms with Gasteiger partial charge in [-0.05, 0) is 28.8 Å². The minimum Gasteiger partial charge on any atom is -0.377 e. The summed E-state index contributed by atoms with van der Waals surface area (Å²) >= 11 is 0. The summed E-state index contributed by atoms with van der Waals surface area (Å²) in [5.41, 5.74) is 1.05. The number of rotatable bonds is 6. The Labute approximate surface area is 112 Å². The van der Waals surface area contributed by atoms with E-state index >= 15 is 0 Å². The zero-order valence-corrected chi connectivity index (χ0v) is 11.3. The summed E-state index contributed by atoms with van der Waals surface area (Å²) in [4.78, 5) is 0. The second kappa shape index (κ2) is 6.14. The van der Waals surface area contributed by atoms with Gasteiger partial charge in [-0.1, -0.05) is 36.4 Å². The van der Waals surface area contributed by atoms with Crippen LogP contribution in [0.3, 0.4) is 0 Å². The molecule has 0 atom stereocenters. The Morgan fingerprint density at radius 1 is 1.05 bits per heavy atom. The second-order valence-corrected chi connectivity index (χ2v) is 5.95. The van der Waals surface area contributed by atoms with Crippen LogP contribution in [0.25, 0.3) is 10.8 Å². The average Bonchev–Trinajstić information content (AvgIpc) is 2.37.